The van der Waals surface area contributed by atoms with Gasteiger partial charge in [0.25, 0.3) is 0 Å². The number of unbranched alkanes of at least 4 members (excludes halogenated alkanes) is 1. The number of amides is 1. The molecule has 1 amide bonds. The lowest BCUT2D eigenvalue weighted by atomic mass is 10.2. The lowest BCUT2D eigenvalue weighted by Gasteiger charge is -2.03. The molecule has 0 radical (unpaired) electrons. The minimum atomic E-state index is 0.137. The first-order valence-electron chi connectivity index (χ1n) is 5.31. The summed E-state index contributed by atoms with van der Waals surface area (Å²) in [6, 6.07) is 2.06. The maximum absolute atomic E-state index is 11.4. The van der Waals surface area contributed by atoms with Gasteiger partial charge in [0.2, 0.25) is 5.91 Å². The summed E-state index contributed by atoms with van der Waals surface area (Å²) in [6.07, 6.45) is 3.37. The Morgan fingerprint density at radius 2 is 2.33 bits per heavy atom. The first-order valence-corrected chi connectivity index (χ1v) is 6.25. The summed E-state index contributed by atoms with van der Waals surface area (Å²) in [7, 11) is 0. The van der Waals surface area contributed by atoms with Crippen LogP contribution in [0.15, 0.2) is 16.8 Å². The molecule has 0 aliphatic rings. The standard InChI is InChI=1S/C11H18N2OS/c12-6-1-2-7-13-11(14)4-3-10-5-8-15-9-10/h5,8-9H,1-4,6-7,12H2,(H,13,14). The maximum atomic E-state index is 11.4. The van der Waals surface area contributed by atoms with Crippen LogP contribution in [0.5, 0.6) is 0 Å². The molecular weight excluding hydrogens is 208 g/mol. The Balaban J connectivity index is 2.04. The summed E-state index contributed by atoms with van der Waals surface area (Å²) in [5, 5.41) is 7.01. The van der Waals surface area contributed by atoms with Crippen LogP contribution < -0.4 is 11.1 Å². The molecule has 15 heavy (non-hydrogen) atoms. The van der Waals surface area contributed by atoms with E-state index in [-0.39, 0.29) is 5.91 Å². The fourth-order valence-electron chi connectivity index (χ4n) is 1.28. The highest BCUT2D eigenvalue weighted by Gasteiger charge is 2.01. The third-order valence-electron chi connectivity index (χ3n) is 2.17. The number of carbonyl (C=O) groups is 1. The third kappa shape index (κ3) is 5.54. The van der Waals surface area contributed by atoms with Crippen molar-refractivity contribution >= 4 is 17.2 Å². The summed E-state index contributed by atoms with van der Waals surface area (Å²) in [5.41, 5.74) is 6.60. The summed E-state index contributed by atoms with van der Waals surface area (Å²) in [6.45, 7) is 1.45. The fourth-order valence-corrected chi connectivity index (χ4v) is 1.98. The average Bonchev–Trinajstić information content (AvgIpc) is 2.74. The summed E-state index contributed by atoms with van der Waals surface area (Å²) < 4.78 is 0. The van der Waals surface area contributed by atoms with E-state index in [9.17, 15) is 4.79 Å². The molecule has 1 aromatic heterocycles. The first-order chi connectivity index (χ1) is 7.33. The largest absolute Gasteiger partial charge is 0.356 e. The summed E-state index contributed by atoms with van der Waals surface area (Å²) in [4.78, 5) is 11.4. The fraction of sp³-hybridized carbons (Fsp3) is 0.545. The molecule has 3 nitrogen and oxygen atoms in total. The van der Waals surface area contributed by atoms with Gasteiger partial charge in [0.15, 0.2) is 0 Å². The van der Waals surface area contributed by atoms with Crippen LogP contribution in [-0.2, 0) is 11.2 Å². The van der Waals surface area contributed by atoms with Crippen LogP contribution in [0.1, 0.15) is 24.8 Å². The van der Waals surface area contributed by atoms with E-state index < -0.39 is 0 Å². The number of nitrogens with one attached hydrogen (secondary N) is 1. The lowest BCUT2D eigenvalue weighted by molar-refractivity contribution is -0.121. The quantitative estimate of drug-likeness (QED) is 0.693. The van der Waals surface area contributed by atoms with E-state index in [0.717, 1.165) is 25.8 Å². The molecule has 3 N–H and O–H groups in total. The van der Waals surface area contributed by atoms with Crippen molar-refractivity contribution in [2.45, 2.75) is 25.7 Å². The highest BCUT2D eigenvalue weighted by atomic mass is 32.1. The van der Waals surface area contributed by atoms with Crippen LogP contribution >= 0.6 is 11.3 Å². The highest BCUT2D eigenvalue weighted by molar-refractivity contribution is 7.07. The molecule has 0 fully saturated rings. The van der Waals surface area contributed by atoms with Gasteiger partial charge >= 0.3 is 0 Å². The Hall–Kier alpha value is -0.870. The number of hydrogen-bond acceptors (Lipinski definition) is 3. The van der Waals surface area contributed by atoms with Gasteiger partial charge in [-0.05, 0) is 48.2 Å². The van der Waals surface area contributed by atoms with E-state index in [2.05, 4.69) is 16.8 Å². The van der Waals surface area contributed by atoms with Crippen LogP contribution in [0.25, 0.3) is 0 Å². The molecule has 1 heterocycles. The molecule has 0 saturated heterocycles. The molecule has 0 bridgehead atoms. The van der Waals surface area contributed by atoms with Gasteiger partial charge in [0.05, 0.1) is 0 Å². The van der Waals surface area contributed by atoms with E-state index in [4.69, 9.17) is 5.73 Å². The van der Waals surface area contributed by atoms with Crippen LogP contribution in [-0.4, -0.2) is 19.0 Å². The number of aryl methyl sites for hydroxylation is 1. The predicted molar refractivity (Wildman–Crippen MR) is 63.9 cm³/mol. The smallest absolute Gasteiger partial charge is 0.220 e. The minimum Gasteiger partial charge on any atom is -0.356 e. The second-order valence-corrected chi connectivity index (χ2v) is 4.26. The molecule has 0 unspecified atom stereocenters. The molecule has 1 aromatic rings. The van der Waals surface area contributed by atoms with Crippen molar-refractivity contribution in [3.63, 3.8) is 0 Å². The first kappa shape index (κ1) is 12.2. The summed E-state index contributed by atoms with van der Waals surface area (Å²) in [5.74, 6) is 0.137. The second-order valence-electron chi connectivity index (χ2n) is 3.48. The molecule has 84 valence electrons. The Morgan fingerprint density at radius 3 is 3.00 bits per heavy atom. The number of carbonyl (C=O) groups excluding carboxylic acids is 1. The molecule has 0 aliphatic carbocycles. The van der Waals surface area contributed by atoms with Crippen molar-refractivity contribution in [2.24, 2.45) is 5.73 Å². The summed E-state index contributed by atoms with van der Waals surface area (Å²) >= 11 is 1.67. The van der Waals surface area contributed by atoms with Gasteiger partial charge in [-0.25, -0.2) is 0 Å². The SMILES string of the molecule is NCCCCNC(=O)CCc1ccsc1. The van der Waals surface area contributed by atoms with E-state index in [0.29, 0.717) is 13.0 Å². The topological polar surface area (TPSA) is 55.1 Å². The van der Waals surface area contributed by atoms with Crippen molar-refractivity contribution in [2.75, 3.05) is 13.1 Å². The van der Waals surface area contributed by atoms with Crippen LogP contribution in [0.2, 0.25) is 0 Å². The molecule has 0 aliphatic heterocycles. The van der Waals surface area contributed by atoms with Crippen LogP contribution in [0.3, 0.4) is 0 Å². The molecule has 0 spiro atoms. The Labute approximate surface area is 94.7 Å². The molecule has 1 rings (SSSR count). The monoisotopic (exact) mass is 226 g/mol. The molecular formula is C11H18N2OS. The normalized spacial score (nSPS) is 10.2. The Morgan fingerprint density at radius 1 is 1.47 bits per heavy atom. The van der Waals surface area contributed by atoms with Crippen molar-refractivity contribution < 1.29 is 4.79 Å². The maximum Gasteiger partial charge on any atom is 0.220 e. The molecule has 0 aromatic carbocycles. The number of rotatable bonds is 7. The van der Waals surface area contributed by atoms with Crippen molar-refractivity contribution in [1.82, 2.24) is 5.32 Å². The molecule has 0 saturated carbocycles. The molecule has 0 atom stereocenters. The van der Waals surface area contributed by atoms with Crippen LogP contribution in [0.4, 0.5) is 0 Å². The van der Waals surface area contributed by atoms with Gasteiger partial charge in [-0.2, -0.15) is 11.3 Å². The average molecular weight is 226 g/mol. The van der Waals surface area contributed by atoms with Crippen molar-refractivity contribution in [1.29, 1.82) is 0 Å². The van der Waals surface area contributed by atoms with Gasteiger partial charge < -0.3 is 11.1 Å². The molecule has 4 heteroatoms. The van der Waals surface area contributed by atoms with Gasteiger partial charge in [0, 0.05) is 13.0 Å². The van der Waals surface area contributed by atoms with Gasteiger partial charge in [-0.3, -0.25) is 4.79 Å². The van der Waals surface area contributed by atoms with Gasteiger partial charge in [0.1, 0.15) is 0 Å². The predicted octanol–water partition coefficient (Wildman–Crippen LogP) is 1.54. The van der Waals surface area contributed by atoms with E-state index in [1.807, 2.05) is 5.38 Å². The van der Waals surface area contributed by atoms with Crippen molar-refractivity contribution in [3.8, 4) is 0 Å². The van der Waals surface area contributed by atoms with E-state index in [1.54, 1.807) is 11.3 Å². The highest BCUT2D eigenvalue weighted by Crippen LogP contribution is 2.07. The van der Waals surface area contributed by atoms with E-state index in [1.165, 1.54) is 5.56 Å². The second kappa shape index (κ2) is 7.43. The Bertz CT molecular complexity index is 272. The number of nitrogens with two attached hydrogens (primary N) is 1. The minimum absolute atomic E-state index is 0.137. The Kier molecular flexibility index (Phi) is 6.04. The van der Waals surface area contributed by atoms with Crippen LogP contribution in [0, 0.1) is 0 Å². The number of hydrogen-bond donors (Lipinski definition) is 2. The zero-order chi connectivity index (χ0) is 10.9. The van der Waals surface area contributed by atoms with Crippen molar-refractivity contribution in [3.05, 3.63) is 22.4 Å². The third-order valence-corrected chi connectivity index (χ3v) is 2.91. The zero-order valence-electron chi connectivity index (χ0n) is 8.87. The zero-order valence-corrected chi connectivity index (χ0v) is 9.69. The lowest BCUT2D eigenvalue weighted by Crippen LogP contribution is -2.25. The van der Waals surface area contributed by atoms with Gasteiger partial charge in [-0.15, -0.1) is 0 Å². The number of thiophene rings is 1. The van der Waals surface area contributed by atoms with Gasteiger partial charge in [-0.1, -0.05) is 0 Å². The van der Waals surface area contributed by atoms with E-state index >= 15 is 0 Å².